The molecular weight excluding hydrogens is 438 g/mol. The topological polar surface area (TPSA) is 37.0 Å². The lowest BCUT2D eigenvalue weighted by Crippen LogP contribution is -2.44. The highest BCUT2D eigenvalue weighted by molar-refractivity contribution is 5.80. The van der Waals surface area contributed by atoms with Crippen molar-refractivity contribution in [3.8, 4) is 11.3 Å². The second-order valence-electron chi connectivity index (χ2n) is 11.1. The Morgan fingerprint density at radius 3 is 2.44 bits per heavy atom. The van der Waals surface area contributed by atoms with E-state index >= 15 is 0 Å². The summed E-state index contributed by atoms with van der Waals surface area (Å²) in [5, 5.41) is 7.77. The zero-order valence-corrected chi connectivity index (χ0v) is 22.2. The van der Waals surface area contributed by atoms with E-state index < -0.39 is 0 Å². The van der Waals surface area contributed by atoms with E-state index in [1.165, 1.54) is 28.0 Å². The van der Waals surface area contributed by atoms with Crippen molar-refractivity contribution < 1.29 is 0 Å². The average Bonchev–Trinajstić information content (AvgIpc) is 3.27. The molecule has 4 atom stereocenters. The highest BCUT2D eigenvalue weighted by Gasteiger charge is 2.32. The zero-order valence-electron chi connectivity index (χ0n) is 22.2. The summed E-state index contributed by atoms with van der Waals surface area (Å²) >= 11 is 0. The van der Waals surface area contributed by atoms with E-state index in [1.807, 2.05) is 0 Å². The number of nitrogens with one attached hydrogen (secondary N) is 2. The van der Waals surface area contributed by atoms with Gasteiger partial charge in [0.1, 0.15) is 0 Å². The summed E-state index contributed by atoms with van der Waals surface area (Å²) in [5.74, 6) is 1.45. The van der Waals surface area contributed by atoms with Crippen LogP contribution in [0, 0.1) is 17.8 Å². The number of benzene rings is 2. The van der Waals surface area contributed by atoms with Crippen molar-refractivity contribution >= 4 is 5.69 Å². The van der Waals surface area contributed by atoms with Crippen molar-refractivity contribution in [3.05, 3.63) is 107 Å². The molecule has 186 valence electrons. The van der Waals surface area contributed by atoms with Gasteiger partial charge in [-0.1, -0.05) is 106 Å². The van der Waals surface area contributed by atoms with Crippen LogP contribution in [0.4, 0.5) is 5.69 Å². The van der Waals surface area contributed by atoms with Gasteiger partial charge in [-0.15, -0.1) is 0 Å². The number of hydrogen-bond donors (Lipinski definition) is 2. The number of rotatable bonds is 7. The molecule has 1 aliphatic heterocycles. The fourth-order valence-corrected chi connectivity index (χ4v) is 5.82. The Balaban J connectivity index is 1.56. The molecule has 0 fully saturated rings. The summed E-state index contributed by atoms with van der Waals surface area (Å²) in [4.78, 5) is 5.29. The van der Waals surface area contributed by atoms with Crippen LogP contribution < -0.4 is 10.6 Å². The van der Waals surface area contributed by atoms with Crippen LogP contribution in [0.15, 0.2) is 90.5 Å². The second kappa shape index (κ2) is 10.4. The number of para-hydroxylation sites is 1. The van der Waals surface area contributed by atoms with Gasteiger partial charge in [0.2, 0.25) is 0 Å². The molecule has 2 heterocycles. The van der Waals surface area contributed by atoms with Crippen LogP contribution in [0.2, 0.25) is 0 Å². The number of fused-ring (bicyclic) bond motifs is 1. The standard InChI is InChI=1S/C33H39N3/c1-21(2)26-15-10-16-27(22(3)4)33(26)36-32(24-12-7-6-8-13-24)30-19-11-18-29(35-30)28-17-9-14-25-20-23(5)34-31(25)28/h6-19,21-23,26,32-34,36H,20H2,1-5H3/t23?,26-,32?,33?/m0/s1. The third kappa shape index (κ3) is 4.90. The van der Waals surface area contributed by atoms with Crippen LogP contribution in [0.5, 0.6) is 0 Å². The molecule has 0 saturated heterocycles. The first-order valence-corrected chi connectivity index (χ1v) is 13.5. The number of hydrogen-bond acceptors (Lipinski definition) is 3. The molecule has 0 saturated carbocycles. The van der Waals surface area contributed by atoms with E-state index in [2.05, 4.69) is 130 Å². The summed E-state index contributed by atoms with van der Waals surface area (Å²) in [7, 11) is 0. The molecule has 3 unspecified atom stereocenters. The lowest BCUT2D eigenvalue weighted by atomic mass is 9.77. The third-order valence-electron chi connectivity index (χ3n) is 7.69. The Labute approximate surface area is 216 Å². The van der Waals surface area contributed by atoms with Gasteiger partial charge < -0.3 is 5.32 Å². The van der Waals surface area contributed by atoms with Crippen LogP contribution in [0.3, 0.4) is 0 Å². The van der Waals surface area contributed by atoms with Crippen molar-refractivity contribution in [2.75, 3.05) is 5.32 Å². The molecule has 0 radical (unpaired) electrons. The molecule has 1 aromatic heterocycles. The monoisotopic (exact) mass is 477 g/mol. The molecule has 3 heteroatoms. The molecule has 2 aromatic carbocycles. The fourth-order valence-electron chi connectivity index (χ4n) is 5.82. The first-order valence-electron chi connectivity index (χ1n) is 13.5. The fraction of sp³-hybridized carbons (Fsp3) is 0.364. The van der Waals surface area contributed by atoms with E-state index in [-0.39, 0.29) is 12.1 Å². The number of allylic oxidation sites excluding steroid dienone is 2. The molecule has 0 amide bonds. The Bertz CT molecular complexity index is 1250. The second-order valence-corrected chi connectivity index (χ2v) is 11.1. The van der Waals surface area contributed by atoms with Crippen molar-refractivity contribution in [1.29, 1.82) is 0 Å². The van der Waals surface area contributed by atoms with Gasteiger partial charge in [0, 0.05) is 23.3 Å². The summed E-state index contributed by atoms with van der Waals surface area (Å²) in [5.41, 5.74) is 8.60. The van der Waals surface area contributed by atoms with Crippen LogP contribution in [-0.4, -0.2) is 17.1 Å². The SMILES string of the molecule is CC1Cc2cccc(-c3cccc(C(NC4C(C(C)C)=CC=C[C@H]4C(C)C)c4ccccc4)n3)c2N1. The number of nitrogens with zero attached hydrogens (tertiary/aromatic N) is 1. The van der Waals surface area contributed by atoms with Gasteiger partial charge in [-0.3, -0.25) is 10.3 Å². The molecule has 2 aliphatic rings. The van der Waals surface area contributed by atoms with Gasteiger partial charge in [0.25, 0.3) is 0 Å². The summed E-state index contributed by atoms with van der Waals surface area (Å²) < 4.78 is 0. The van der Waals surface area contributed by atoms with E-state index in [4.69, 9.17) is 4.98 Å². The maximum Gasteiger partial charge on any atom is 0.0756 e. The van der Waals surface area contributed by atoms with Crippen molar-refractivity contribution in [1.82, 2.24) is 10.3 Å². The smallest absolute Gasteiger partial charge is 0.0756 e. The number of aromatic nitrogens is 1. The first-order chi connectivity index (χ1) is 17.4. The summed E-state index contributed by atoms with van der Waals surface area (Å²) in [6.45, 7) is 11.5. The minimum absolute atomic E-state index is 0.00491. The Kier molecular flexibility index (Phi) is 7.11. The Morgan fingerprint density at radius 1 is 0.917 bits per heavy atom. The molecular formula is C33H39N3. The average molecular weight is 478 g/mol. The number of anilines is 1. The van der Waals surface area contributed by atoms with Crippen LogP contribution in [0.1, 0.15) is 57.5 Å². The zero-order chi connectivity index (χ0) is 25.2. The summed E-state index contributed by atoms with van der Waals surface area (Å²) in [6, 6.07) is 24.6. The van der Waals surface area contributed by atoms with Gasteiger partial charge in [-0.05, 0) is 54.4 Å². The molecule has 3 aromatic rings. The van der Waals surface area contributed by atoms with E-state index in [9.17, 15) is 0 Å². The first kappa shape index (κ1) is 24.5. The minimum Gasteiger partial charge on any atom is -0.381 e. The maximum atomic E-state index is 5.29. The Hall–Kier alpha value is -3.17. The van der Waals surface area contributed by atoms with Crippen LogP contribution in [-0.2, 0) is 6.42 Å². The lowest BCUT2D eigenvalue weighted by molar-refractivity contribution is 0.328. The van der Waals surface area contributed by atoms with Crippen molar-refractivity contribution in [2.24, 2.45) is 17.8 Å². The van der Waals surface area contributed by atoms with Crippen LogP contribution >= 0.6 is 0 Å². The van der Waals surface area contributed by atoms with Gasteiger partial charge in [-0.2, -0.15) is 0 Å². The van der Waals surface area contributed by atoms with Gasteiger partial charge in [0.05, 0.1) is 17.4 Å². The molecule has 2 N–H and O–H groups in total. The molecule has 3 nitrogen and oxygen atoms in total. The van der Waals surface area contributed by atoms with Gasteiger partial charge in [-0.25, -0.2) is 0 Å². The molecule has 36 heavy (non-hydrogen) atoms. The normalized spacial score (nSPS) is 21.9. The predicted octanol–water partition coefficient (Wildman–Crippen LogP) is 7.58. The van der Waals surface area contributed by atoms with Gasteiger partial charge in [0.15, 0.2) is 0 Å². The van der Waals surface area contributed by atoms with E-state index in [1.54, 1.807) is 0 Å². The third-order valence-corrected chi connectivity index (χ3v) is 7.69. The Morgan fingerprint density at radius 2 is 1.69 bits per heavy atom. The molecule has 0 bridgehead atoms. The maximum absolute atomic E-state index is 5.29. The quantitative estimate of drug-likeness (QED) is 0.368. The summed E-state index contributed by atoms with van der Waals surface area (Å²) in [6.07, 6.45) is 8.00. The highest BCUT2D eigenvalue weighted by Crippen LogP contribution is 2.37. The van der Waals surface area contributed by atoms with E-state index in [0.717, 1.165) is 17.8 Å². The molecule has 5 rings (SSSR count). The minimum atomic E-state index is -0.00491. The van der Waals surface area contributed by atoms with E-state index in [0.29, 0.717) is 23.8 Å². The van der Waals surface area contributed by atoms with Crippen molar-refractivity contribution in [2.45, 2.75) is 59.2 Å². The van der Waals surface area contributed by atoms with Crippen LogP contribution in [0.25, 0.3) is 11.3 Å². The lowest BCUT2D eigenvalue weighted by Gasteiger charge is -2.37. The van der Waals surface area contributed by atoms with Crippen molar-refractivity contribution in [3.63, 3.8) is 0 Å². The number of pyridine rings is 1. The molecule has 0 spiro atoms. The predicted molar refractivity (Wildman–Crippen MR) is 152 cm³/mol. The largest absolute Gasteiger partial charge is 0.381 e. The molecule has 1 aliphatic carbocycles. The van der Waals surface area contributed by atoms with Gasteiger partial charge >= 0.3 is 0 Å². The highest BCUT2D eigenvalue weighted by atomic mass is 15.0.